The lowest BCUT2D eigenvalue weighted by atomic mass is 9.94. The van der Waals surface area contributed by atoms with Gasteiger partial charge in [-0.05, 0) is 35.3 Å². The van der Waals surface area contributed by atoms with Crippen LogP contribution in [0.2, 0.25) is 0 Å². The number of carbonyl (C=O) groups excluding carboxylic acids is 1. The summed E-state index contributed by atoms with van der Waals surface area (Å²) in [5.74, 6) is -0.923. The van der Waals surface area contributed by atoms with Gasteiger partial charge in [0.25, 0.3) is 0 Å². The van der Waals surface area contributed by atoms with E-state index in [0.29, 0.717) is 18.6 Å². The molecule has 1 heterocycles. The Kier molecular flexibility index (Phi) is 5.58. The molecule has 2 unspecified atom stereocenters. The van der Waals surface area contributed by atoms with Gasteiger partial charge in [0.05, 0.1) is 18.6 Å². The lowest BCUT2D eigenvalue weighted by molar-refractivity contribution is -0.152. The molecule has 1 rings (SSSR count). The van der Waals surface area contributed by atoms with Crippen molar-refractivity contribution in [2.24, 2.45) is 5.92 Å². The zero-order chi connectivity index (χ0) is 12.8. The molecule has 0 fully saturated rings. The number of nitrogens with zero attached hydrogens (tertiary/aromatic N) is 1. The lowest BCUT2D eigenvalue weighted by Crippen LogP contribution is -2.24. The molecule has 0 aromatic carbocycles. The number of hydrogen-bond acceptors (Lipinski definition) is 4. The molecular weight excluding hydrogens is 286 g/mol. The number of pyridine rings is 1. The van der Waals surface area contributed by atoms with Gasteiger partial charge in [0, 0.05) is 22.4 Å². The van der Waals surface area contributed by atoms with Crippen LogP contribution >= 0.6 is 15.9 Å². The van der Waals surface area contributed by atoms with Crippen LogP contribution < -0.4 is 0 Å². The third-order valence-corrected chi connectivity index (χ3v) is 2.91. The second-order valence-electron chi connectivity index (χ2n) is 3.65. The van der Waals surface area contributed by atoms with E-state index < -0.39 is 12.0 Å². The van der Waals surface area contributed by atoms with Gasteiger partial charge in [0.2, 0.25) is 0 Å². The smallest absolute Gasteiger partial charge is 0.311 e. The molecule has 2 atom stereocenters. The summed E-state index contributed by atoms with van der Waals surface area (Å²) >= 11 is 3.28. The molecule has 0 aliphatic rings. The predicted molar refractivity (Wildman–Crippen MR) is 67.3 cm³/mol. The average molecular weight is 302 g/mol. The summed E-state index contributed by atoms with van der Waals surface area (Å²) in [6.07, 6.45) is 2.81. The molecule has 4 nitrogen and oxygen atoms in total. The zero-order valence-corrected chi connectivity index (χ0v) is 11.5. The molecule has 0 saturated carbocycles. The molecule has 0 bridgehead atoms. The number of halogens is 1. The third kappa shape index (κ3) is 3.78. The molecule has 0 spiro atoms. The zero-order valence-electron chi connectivity index (χ0n) is 9.89. The van der Waals surface area contributed by atoms with E-state index in [1.54, 1.807) is 25.4 Å². The highest BCUT2D eigenvalue weighted by molar-refractivity contribution is 9.10. The molecule has 0 radical (unpaired) electrons. The number of esters is 1. The van der Waals surface area contributed by atoms with Gasteiger partial charge in [-0.25, -0.2) is 0 Å². The minimum Gasteiger partial charge on any atom is -0.466 e. The van der Waals surface area contributed by atoms with Gasteiger partial charge in [0.15, 0.2) is 0 Å². The molecule has 1 aromatic heterocycles. The van der Waals surface area contributed by atoms with Gasteiger partial charge in [-0.3, -0.25) is 9.78 Å². The molecule has 5 heteroatoms. The maximum Gasteiger partial charge on any atom is 0.311 e. The molecule has 1 aromatic rings. The fourth-order valence-corrected chi connectivity index (χ4v) is 1.97. The Bertz CT molecular complexity index is 384. The summed E-state index contributed by atoms with van der Waals surface area (Å²) < 4.78 is 5.71. The summed E-state index contributed by atoms with van der Waals surface area (Å²) in [6, 6.07) is 1.75. The molecule has 17 heavy (non-hydrogen) atoms. The van der Waals surface area contributed by atoms with Crippen molar-refractivity contribution in [2.75, 3.05) is 6.61 Å². The second kappa shape index (κ2) is 6.71. The van der Waals surface area contributed by atoms with Gasteiger partial charge >= 0.3 is 5.97 Å². The van der Waals surface area contributed by atoms with Crippen LogP contribution in [-0.4, -0.2) is 22.7 Å². The topological polar surface area (TPSA) is 59.4 Å². The van der Waals surface area contributed by atoms with Crippen molar-refractivity contribution in [3.63, 3.8) is 0 Å². The molecule has 0 aliphatic heterocycles. The number of ether oxygens (including phenoxy) is 1. The number of aromatic nitrogens is 1. The van der Waals surface area contributed by atoms with Crippen LogP contribution in [0.25, 0.3) is 0 Å². The van der Waals surface area contributed by atoms with Crippen molar-refractivity contribution in [3.05, 3.63) is 28.5 Å². The molecule has 0 saturated heterocycles. The number of carbonyl (C=O) groups is 1. The van der Waals surface area contributed by atoms with Crippen LogP contribution in [0.15, 0.2) is 22.9 Å². The average Bonchev–Trinajstić information content (AvgIpc) is 2.30. The van der Waals surface area contributed by atoms with Crippen LogP contribution in [0.4, 0.5) is 0 Å². The predicted octanol–water partition coefficient (Wildman–Crippen LogP) is 2.47. The van der Waals surface area contributed by atoms with Crippen molar-refractivity contribution >= 4 is 21.9 Å². The quantitative estimate of drug-likeness (QED) is 0.849. The van der Waals surface area contributed by atoms with Crippen molar-refractivity contribution in [3.8, 4) is 0 Å². The van der Waals surface area contributed by atoms with Crippen LogP contribution in [-0.2, 0) is 9.53 Å². The second-order valence-corrected chi connectivity index (χ2v) is 4.56. The summed E-state index contributed by atoms with van der Waals surface area (Å²) in [7, 11) is 0. The van der Waals surface area contributed by atoms with Crippen LogP contribution in [0.3, 0.4) is 0 Å². The first kappa shape index (κ1) is 14.1. The summed E-state index contributed by atoms with van der Waals surface area (Å²) in [4.78, 5) is 15.6. The minimum absolute atomic E-state index is 0.318. The van der Waals surface area contributed by atoms with Gasteiger partial charge in [0.1, 0.15) is 0 Å². The SMILES string of the molecule is CCOC(=O)C(CC)C(O)c1cncc(Br)c1. The van der Waals surface area contributed by atoms with Crippen molar-refractivity contribution in [1.29, 1.82) is 0 Å². The van der Waals surface area contributed by atoms with Crippen molar-refractivity contribution < 1.29 is 14.6 Å². The monoisotopic (exact) mass is 301 g/mol. The van der Waals surface area contributed by atoms with E-state index in [1.165, 1.54) is 0 Å². The first-order valence-corrected chi connectivity index (χ1v) is 6.34. The minimum atomic E-state index is -0.885. The Balaban J connectivity index is 2.85. The highest BCUT2D eigenvalue weighted by atomic mass is 79.9. The number of hydrogen-bond donors (Lipinski definition) is 1. The van der Waals surface area contributed by atoms with Crippen LogP contribution in [0.1, 0.15) is 31.9 Å². The van der Waals surface area contributed by atoms with E-state index in [4.69, 9.17) is 4.74 Å². The van der Waals surface area contributed by atoms with Crippen LogP contribution in [0.5, 0.6) is 0 Å². The van der Waals surface area contributed by atoms with Gasteiger partial charge in [-0.15, -0.1) is 0 Å². The molecule has 94 valence electrons. The van der Waals surface area contributed by atoms with E-state index in [1.807, 2.05) is 6.92 Å². The van der Waals surface area contributed by atoms with E-state index in [0.717, 1.165) is 4.47 Å². The number of aliphatic hydroxyl groups is 1. The Hall–Kier alpha value is -0.940. The highest BCUT2D eigenvalue weighted by Crippen LogP contribution is 2.26. The maximum atomic E-state index is 11.7. The van der Waals surface area contributed by atoms with E-state index in [-0.39, 0.29) is 5.97 Å². The van der Waals surface area contributed by atoms with E-state index in [9.17, 15) is 9.90 Å². The fraction of sp³-hybridized carbons (Fsp3) is 0.500. The van der Waals surface area contributed by atoms with Gasteiger partial charge < -0.3 is 9.84 Å². The Labute approximate surface area is 109 Å². The molecule has 0 amide bonds. The summed E-state index contributed by atoms with van der Waals surface area (Å²) in [5.41, 5.74) is 0.610. The molecule has 1 N–H and O–H groups in total. The van der Waals surface area contributed by atoms with E-state index in [2.05, 4.69) is 20.9 Å². The van der Waals surface area contributed by atoms with Gasteiger partial charge in [-0.2, -0.15) is 0 Å². The first-order valence-electron chi connectivity index (χ1n) is 5.55. The van der Waals surface area contributed by atoms with Crippen molar-refractivity contribution in [1.82, 2.24) is 4.98 Å². The number of rotatable bonds is 5. The first-order chi connectivity index (χ1) is 8.10. The van der Waals surface area contributed by atoms with E-state index >= 15 is 0 Å². The Morgan fingerprint density at radius 2 is 2.24 bits per heavy atom. The molecular formula is C12H16BrNO3. The maximum absolute atomic E-state index is 11.7. The fourth-order valence-electron chi connectivity index (χ4n) is 1.59. The summed E-state index contributed by atoms with van der Waals surface area (Å²) in [5, 5.41) is 10.1. The number of aliphatic hydroxyl groups excluding tert-OH is 1. The Morgan fingerprint density at radius 1 is 1.53 bits per heavy atom. The lowest BCUT2D eigenvalue weighted by Gasteiger charge is -2.20. The van der Waals surface area contributed by atoms with Crippen LogP contribution in [0, 0.1) is 5.92 Å². The largest absolute Gasteiger partial charge is 0.466 e. The Morgan fingerprint density at radius 3 is 2.76 bits per heavy atom. The standard InChI is InChI=1S/C12H16BrNO3/c1-3-10(12(16)17-4-2)11(15)8-5-9(13)7-14-6-8/h5-7,10-11,15H,3-4H2,1-2H3. The normalized spacial score (nSPS) is 14.1. The van der Waals surface area contributed by atoms with Gasteiger partial charge in [-0.1, -0.05) is 6.92 Å². The molecule has 0 aliphatic carbocycles. The third-order valence-electron chi connectivity index (χ3n) is 2.48. The highest BCUT2D eigenvalue weighted by Gasteiger charge is 2.27. The summed E-state index contributed by atoms with van der Waals surface area (Å²) in [6.45, 7) is 3.91. The van der Waals surface area contributed by atoms with Crippen molar-refractivity contribution in [2.45, 2.75) is 26.4 Å².